The summed E-state index contributed by atoms with van der Waals surface area (Å²) in [6, 6.07) is 6.92. The number of aliphatic hydroxyl groups is 3. The van der Waals surface area contributed by atoms with Crippen molar-refractivity contribution in [3.63, 3.8) is 0 Å². The fraction of sp³-hybridized carbons (Fsp3) is 0.645. The van der Waals surface area contributed by atoms with Crippen molar-refractivity contribution in [3.8, 4) is 5.75 Å². The van der Waals surface area contributed by atoms with E-state index in [4.69, 9.17) is 21.1 Å². The molecule has 1 saturated carbocycles. The van der Waals surface area contributed by atoms with Crippen molar-refractivity contribution in [2.75, 3.05) is 59.1 Å². The molecule has 0 unspecified atom stereocenters. The number of aliphatic hydroxyl groups excluding tert-OH is 3. The van der Waals surface area contributed by atoms with E-state index in [1.54, 1.807) is 36.4 Å². The van der Waals surface area contributed by atoms with Crippen LogP contribution < -0.4 is 4.74 Å². The van der Waals surface area contributed by atoms with Crippen molar-refractivity contribution in [1.82, 2.24) is 9.80 Å². The van der Waals surface area contributed by atoms with Gasteiger partial charge < -0.3 is 34.5 Å². The molecule has 3 N–H and O–H groups in total. The second-order valence-electron chi connectivity index (χ2n) is 11.2. The number of unbranched alkanes of at least 4 members (excludes halogenated alkanes) is 1. The summed E-state index contributed by atoms with van der Waals surface area (Å²) in [7, 11) is 0. The first-order valence-electron chi connectivity index (χ1n) is 15.3. The summed E-state index contributed by atoms with van der Waals surface area (Å²) < 4.78 is 11.0. The molecular weight excluding hydrogens is 594 g/mol. The molecule has 1 aromatic rings. The molecule has 0 amide bonds. The molecule has 0 aromatic heterocycles. The van der Waals surface area contributed by atoms with Crippen LogP contribution in [0.2, 0.25) is 5.02 Å². The lowest BCUT2D eigenvalue weighted by Crippen LogP contribution is -2.47. The summed E-state index contributed by atoms with van der Waals surface area (Å²) in [4.78, 5) is 31.2. The van der Waals surface area contributed by atoms with Crippen LogP contribution in [-0.4, -0.2) is 114 Å². The molecule has 2 aliphatic rings. The van der Waals surface area contributed by atoms with E-state index in [1.165, 1.54) is 0 Å². The van der Waals surface area contributed by atoms with Crippen LogP contribution >= 0.6 is 11.6 Å². The van der Waals surface area contributed by atoms with Crippen molar-refractivity contribution < 1.29 is 39.5 Å². The first-order valence-corrected chi connectivity index (χ1v) is 15.7. The number of hydrogen-bond donors (Lipinski definition) is 3. The van der Waals surface area contributed by atoms with Gasteiger partial charge in [-0.2, -0.15) is 0 Å². The maximum atomic E-state index is 12.1. The van der Waals surface area contributed by atoms with Crippen molar-refractivity contribution in [1.29, 1.82) is 0 Å². The molecule has 1 aliphatic carbocycles. The summed E-state index contributed by atoms with van der Waals surface area (Å²) in [5.41, 5.74) is 0. The number of piperazine rings is 1. The van der Waals surface area contributed by atoms with Crippen molar-refractivity contribution in [2.24, 2.45) is 11.8 Å². The normalized spacial score (nSPS) is 23.7. The molecule has 1 saturated heterocycles. The third-order valence-corrected chi connectivity index (χ3v) is 8.20. The SMILES string of the molecule is O=C(CCC/C=C\C[C@@H]1[C@@H](/C=C/[C@@H](O)COc2cccc(Cl)c2)[C@H](O)C[C@@H]1O)OCCN1CCN(CCCO[N+](=O)[O-])CC1. The van der Waals surface area contributed by atoms with Gasteiger partial charge >= 0.3 is 5.97 Å². The molecule has 1 aromatic carbocycles. The van der Waals surface area contributed by atoms with Crippen LogP contribution in [0.4, 0.5) is 0 Å². The Balaban J connectivity index is 1.25. The molecule has 3 rings (SSSR count). The molecule has 246 valence electrons. The van der Waals surface area contributed by atoms with E-state index >= 15 is 0 Å². The predicted molar refractivity (Wildman–Crippen MR) is 165 cm³/mol. The van der Waals surface area contributed by atoms with E-state index in [0.29, 0.717) is 56.0 Å². The van der Waals surface area contributed by atoms with Gasteiger partial charge in [-0.15, -0.1) is 10.1 Å². The van der Waals surface area contributed by atoms with Crippen LogP contribution in [0.15, 0.2) is 48.6 Å². The summed E-state index contributed by atoms with van der Waals surface area (Å²) >= 11 is 5.95. The summed E-state index contributed by atoms with van der Waals surface area (Å²) in [6.07, 6.45) is 8.29. The minimum Gasteiger partial charge on any atom is -0.491 e. The van der Waals surface area contributed by atoms with Gasteiger partial charge in [-0.05, 0) is 49.8 Å². The number of benzene rings is 1. The van der Waals surface area contributed by atoms with E-state index in [2.05, 4.69) is 14.6 Å². The average molecular weight is 640 g/mol. The average Bonchev–Trinajstić information content (AvgIpc) is 3.26. The minimum atomic E-state index is -0.873. The van der Waals surface area contributed by atoms with E-state index in [0.717, 1.165) is 32.7 Å². The lowest BCUT2D eigenvalue weighted by molar-refractivity contribution is -0.757. The topological polar surface area (TPSA) is 155 Å². The van der Waals surface area contributed by atoms with Crippen molar-refractivity contribution in [2.45, 2.75) is 56.8 Å². The number of carbonyl (C=O) groups excluding carboxylic acids is 1. The molecule has 1 aliphatic heterocycles. The lowest BCUT2D eigenvalue weighted by Gasteiger charge is -2.34. The molecule has 5 atom stereocenters. The Hall–Kier alpha value is -2.74. The number of hydrogen-bond acceptors (Lipinski definition) is 11. The maximum absolute atomic E-state index is 12.1. The third kappa shape index (κ3) is 13.5. The summed E-state index contributed by atoms with van der Waals surface area (Å²) in [5, 5.41) is 41.2. The molecule has 2 fully saturated rings. The zero-order valence-corrected chi connectivity index (χ0v) is 25.9. The Bertz CT molecular complexity index is 1070. The Morgan fingerprint density at radius 1 is 1.09 bits per heavy atom. The molecular formula is C31H46ClN3O9. The first kappa shape index (κ1) is 35.7. The molecule has 12 nitrogen and oxygen atoms in total. The lowest BCUT2D eigenvalue weighted by atomic mass is 9.89. The van der Waals surface area contributed by atoms with E-state index in [-0.39, 0.29) is 37.4 Å². The highest BCUT2D eigenvalue weighted by Gasteiger charge is 2.39. The number of carbonyl (C=O) groups is 1. The number of allylic oxidation sites excluding steroid dienone is 2. The second kappa shape index (κ2) is 19.6. The second-order valence-corrected chi connectivity index (χ2v) is 11.7. The van der Waals surface area contributed by atoms with Gasteiger partial charge in [0, 0.05) is 63.1 Å². The van der Waals surface area contributed by atoms with Crippen molar-refractivity contribution >= 4 is 17.6 Å². The molecule has 1 heterocycles. The van der Waals surface area contributed by atoms with Crippen LogP contribution in [0, 0.1) is 22.0 Å². The number of ether oxygens (including phenoxy) is 2. The van der Waals surface area contributed by atoms with Crippen LogP contribution in [0.5, 0.6) is 5.75 Å². The van der Waals surface area contributed by atoms with E-state index in [1.807, 2.05) is 12.2 Å². The largest absolute Gasteiger partial charge is 0.491 e. The number of halogens is 1. The molecule has 0 bridgehead atoms. The van der Waals surface area contributed by atoms with Gasteiger partial charge in [-0.25, -0.2) is 0 Å². The monoisotopic (exact) mass is 639 g/mol. The standard InChI is InChI=1S/C31H46ClN3O9/c32-24-7-5-8-26(21-24)43-23-25(36)11-12-28-27(29(37)22-30(28)38)9-3-1-2-4-10-31(39)42-20-18-34-16-14-33(15-17-34)13-6-19-44-35(40)41/h1,3,5,7-8,11-12,21,25,27-30,36-38H,2,4,6,9-10,13-20,22-23H2/b3-1-,12-11+/t25-,27-,28-,29+,30-/m1/s1. The Kier molecular flexibility index (Phi) is 15.9. The van der Waals surface area contributed by atoms with Crippen LogP contribution in [0.3, 0.4) is 0 Å². The zero-order valence-electron chi connectivity index (χ0n) is 25.1. The highest BCUT2D eigenvalue weighted by Crippen LogP contribution is 2.36. The number of rotatable bonds is 19. The van der Waals surface area contributed by atoms with E-state index in [9.17, 15) is 30.2 Å². The Morgan fingerprint density at radius 3 is 2.57 bits per heavy atom. The number of esters is 1. The smallest absolute Gasteiger partial charge is 0.305 e. The summed E-state index contributed by atoms with van der Waals surface area (Å²) in [6.45, 7) is 5.41. The molecule has 44 heavy (non-hydrogen) atoms. The molecule has 0 radical (unpaired) electrons. The highest BCUT2D eigenvalue weighted by molar-refractivity contribution is 6.30. The van der Waals surface area contributed by atoms with Crippen LogP contribution in [0.1, 0.15) is 38.5 Å². The van der Waals surface area contributed by atoms with Gasteiger partial charge in [0.1, 0.15) is 25.1 Å². The van der Waals surface area contributed by atoms with Gasteiger partial charge in [0.05, 0.1) is 18.8 Å². The quantitative estimate of drug-likeness (QED) is 0.0673. The number of nitrogens with zero attached hydrogens (tertiary/aromatic N) is 3. The van der Waals surface area contributed by atoms with Crippen molar-refractivity contribution in [3.05, 3.63) is 63.7 Å². The highest BCUT2D eigenvalue weighted by atomic mass is 35.5. The summed E-state index contributed by atoms with van der Waals surface area (Å²) in [5.74, 6) is -0.126. The first-order chi connectivity index (χ1) is 21.2. The third-order valence-electron chi connectivity index (χ3n) is 7.97. The van der Waals surface area contributed by atoms with Crippen LogP contribution in [-0.2, 0) is 14.4 Å². The van der Waals surface area contributed by atoms with E-state index < -0.39 is 23.4 Å². The zero-order chi connectivity index (χ0) is 31.7. The van der Waals surface area contributed by atoms with Crippen LogP contribution in [0.25, 0.3) is 0 Å². The van der Waals surface area contributed by atoms with Gasteiger partial charge in [-0.3, -0.25) is 9.69 Å². The Morgan fingerprint density at radius 2 is 1.84 bits per heavy atom. The Labute approximate surface area is 263 Å². The fourth-order valence-electron chi connectivity index (χ4n) is 5.52. The fourth-order valence-corrected chi connectivity index (χ4v) is 5.70. The molecule has 0 spiro atoms. The maximum Gasteiger partial charge on any atom is 0.305 e. The van der Waals surface area contributed by atoms with Gasteiger partial charge in [-0.1, -0.05) is 42.0 Å². The van der Waals surface area contributed by atoms with Gasteiger partial charge in [0.2, 0.25) is 0 Å². The minimum absolute atomic E-state index is 0.0412. The molecule has 13 heteroatoms. The van der Waals surface area contributed by atoms with Gasteiger partial charge in [0.25, 0.3) is 5.09 Å². The van der Waals surface area contributed by atoms with Gasteiger partial charge in [0.15, 0.2) is 0 Å². The predicted octanol–water partition coefficient (Wildman–Crippen LogP) is 2.87.